The second-order valence-electron chi connectivity index (χ2n) is 7.20. The van der Waals surface area contributed by atoms with Crippen molar-refractivity contribution in [1.82, 2.24) is 20.8 Å². The third kappa shape index (κ3) is 5.84. The van der Waals surface area contributed by atoms with Gasteiger partial charge in [-0.25, -0.2) is 4.99 Å². The van der Waals surface area contributed by atoms with Crippen molar-refractivity contribution in [3.63, 3.8) is 0 Å². The first-order chi connectivity index (χ1) is 12.3. The van der Waals surface area contributed by atoms with E-state index in [1.54, 1.807) is 6.92 Å². The van der Waals surface area contributed by atoms with Gasteiger partial charge in [0, 0.05) is 13.1 Å². The average molecular weight is 359 g/mol. The lowest BCUT2D eigenvalue weighted by atomic mass is 9.86. The van der Waals surface area contributed by atoms with Crippen molar-refractivity contribution < 1.29 is 9.63 Å². The molecule has 0 radical (unpaired) electrons. The SMILES string of the molecule is CCNC(=NCc1nc(C)no1)NCC(O)c1ccc(C(C)(C)C)cc1. The minimum atomic E-state index is -0.626. The second kappa shape index (κ2) is 8.80. The third-order valence-corrected chi connectivity index (χ3v) is 3.91. The molecule has 7 heteroatoms. The molecule has 0 fully saturated rings. The number of aryl methyl sites for hydroxylation is 1. The van der Waals surface area contributed by atoms with Gasteiger partial charge in [0.15, 0.2) is 11.8 Å². The zero-order chi connectivity index (χ0) is 19.2. The number of aromatic nitrogens is 2. The van der Waals surface area contributed by atoms with Crippen LogP contribution in [0, 0.1) is 6.92 Å². The van der Waals surface area contributed by atoms with Crippen LogP contribution in [0.3, 0.4) is 0 Å². The maximum absolute atomic E-state index is 10.4. The summed E-state index contributed by atoms with van der Waals surface area (Å²) in [4.78, 5) is 8.52. The number of nitrogens with zero attached hydrogens (tertiary/aromatic N) is 3. The number of guanidine groups is 1. The Labute approximate surface area is 154 Å². The third-order valence-electron chi connectivity index (χ3n) is 3.91. The van der Waals surface area contributed by atoms with E-state index in [-0.39, 0.29) is 12.0 Å². The number of aliphatic hydroxyl groups excluding tert-OH is 1. The summed E-state index contributed by atoms with van der Waals surface area (Å²) < 4.78 is 5.05. The molecule has 1 unspecified atom stereocenters. The Bertz CT molecular complexity index is 716. The molecule has 1 heterocycles. The molecule has 0 saturated heterocycles. The van der Waals surface area contributed by atoms with Crippen LogP contribution >= 0.6 is 0 Å². The van der Waals surface area contributed by atoms with Gasteiger partial charge in [-0.15, -0.1) is 0 Å². The zero-order valence-corrected chi connectivity index (χ0v) is 16.2. The number of hydrogen-bond donors (Lipinski definition) is 3. The molecule has 7 nitrogen and oxygen atoms in total. The summed E-state index contributed by atoms with van der Waals surface area (Å²) in [5.74, 6) is 1.63. The van der Waals surface area contributed by atoms with Gasteiger partial charge in [0.1, 0.15) is 6.54 Å². The lowest BCUT2D eigenvalue weighted by Crippen LogP contribution is -2.39. The molecule has 0 spiro atoms. The van der Waals surface area contributed by atoms with Crippen LogP contribution in [0.1, 0.15) is 56.6 Å². The fourth-order valence-electron chi connectivity index (χ4n) is 2.41. The maximum atomic E-state index is 10.4. The summed E-state index contributed by atoms with van der Waals surface area (Å²) in [5.41, 5.74) is 2.21. The molecule has 0 aliphatic rings. The first kappa shape index (κ1) is 19.9. The molecule has 1 atom stereocenters. The van der Waals surface area contributed by atoms with E-state index < -0.39 is 6.10 Å². The van der Waals surface area contributed by atoms with Crippen LogP contribution in [0.5, 0.6) is 0 Å². The van der Waals surface area contributed by atoms with Crippen molar-refractivity contribution in [2.24, 2.45) is 4.99 Å². The van der Waals surface area contributed by atoms with E-state index in [1.165, 1.54) is 5.56 Å². The van der Waals surface area contributed by atoms with Gasteiger partial charge in [-0.3, -0.25) is 0 Å². The van der Waals surface area contributed by atoms with Crippen LogP contribution in [-0.2, 0) is 12.0 Å². The van der Waals surface area contributed by atoms with E-state index in [0.717, 1.165) is 5.56 Å². The molecule has 0 aliphatic carbocycles. The first-order valence-electron chi connectivity index (χ1n) is 8.89. The number of aliphatic hydroxyl groups is 1. The Morgan fingerprint density at radius 1 is 1.23 bits per heavy atom. The number of benzene rings is 1. The van der Waals surface area contributed by atoms with E-state index in [1.807, 2.05) is 19.1 Å². The van der Waals surface area contributed by atoms with Crippen molar-refractivity contribution in [1.29, 1.82) is 0 Å². The van der Waals surface area contributed by atoms with Crippen LogP contribution in [0.25, 0.3) is 0 Å². The highest BCUT2D eigenvalue weighted by Crippen LogP contribution is 2.23. The van der Waals surface area contributed by atoms with E-state index >= 15 is 0 Å². The fraction of sp³-hybridized carbons (Fsp3) is 0.526. The normalized spacial score (nSPS) is 13.5. The summed E-state index contributed by atoms with van der Waals surface area (Å²) in [6, 6.07) is 8.07. The van der Waals surface area contributed by atoms with E-state index in [0.29, 0.717) is 30.8 Å². The standard InChI is InChI=1S/C19H29N5O2/c1-6-20-18(22-12-17-23-13(2)24-26-17)21-11-16(25)14-7-9-15(10-8-14)19(3,4)5/h7-10,16,25H,6,11-12H2,1-5H3,(H2,20,21,22). The van der Waals surface area contributed by atoms with Crippen LogP contribution in [0.4, 0.5) is 0 Å². The minimum Gasteiger partial charge on any atom is -0.387 e. The molecule has 0 saturated carbocycles. The van der Waals surface area contributed by atoms with Crippen molar-refractivity contribution in [2.45, 2.75) is 52.7 Å². The van der Waals surface area contributed by atoms with Crippen molar-refractivity contribution in [3.05, 3.63) is 47.1 Å². The molecule has 3 N–H and O–H groups in total. The monoisotopic (exact) mass is 359 g/mol. The van der Waals surface area contributed by atoms with Gasteiger partial charge in [0.25, 0.3) is 0 Å². The summed E-state index contributed by atoms with van der Waals surface area (Å²) >= 11 is 0. The molecule has 2 aromatic rings. The number of hydrogen-bond acceptors (Lipinski definition) is 5. The highest BCUT2D eigenvalue weighted by atomic mass is 16.5. The van der Waals surface area contributed by atoms with E-state index in [9.17, 15) is 5.11 Å². The Balaban J connectivity index is 1.94. The minimum absolute atomic E-state index is 0.0969. The predicted molar refractivity (Wildman–Crippen MR) is 102 cm³/mol. The Morgan fingerprint density at radius 2 is 1.92 bits per heavy atom. The average Bonchev–Trinajstić information content (AvgIpc) is 3.02. The molecule has 0 amide bonds. The van der Waals surface area contributed by atoms with Gasteiger partial charge in [0.2, 0.25) is 5.89 Å². The molecule has 0 bridgehead atoms. The van der Waals surface area contributed by atoms with Gasteiger partial charge in [-0.05, 0) is 30.4 Å². The molecule has 1 aromatic heterocycles. The number of nitrogens with one attached hydrogen (secondary N) is 2. The summed E-state index contributed by atoms with van der Waals surface area (Å²) in [6.45, 7) is 11.6. The van der Waals surface area contributed by atoms with E-state index in [4.69, 9.17) is 4.52 Å². The van der Waals surface area contributed by atoms with Gasteiger partial charge in [-0.2, -0.15) is 4.98 Å². The number of aliphatic imine (C=N–C) groups is 1. The molecular formula is C19H29N5O2. The Hall–Kier alpha value is -2.41. The van der Waals surface area contributed by atoms with Gasteiger partial charge in [0.05, 0.1) is 6.10 Å². The zero-order valence-electron chi connectivity index (χ0n) is 16.2. The molecule has 142 valence electrons. The predicted octanol–water partition coefficient (Wildman–Crippen LogP) is 2.46. The van der Waals surface area contributed by atoms with Gasteiger partial charge < -0.3 is 20.3 Å². The van der Waals surface area contributed by atoms with E-state index in [2.05, 4.69) is 58.7 Å². The topological polar surface area (TPSA) is 95.6 Å². The van der Waals surface area contributed by atoms with Crippen molar-refractivity contribution in [2.75, 3.05) is 13.1 Å². The quantitative estimate of drug-likeness (QED) is 0.542. The maximum Gasteiger partial charge on any atom is 0.248 e. The highest BCUT2D eigenvalue weighted by Gasteiger charge is 2.15. The Kier molecular flexibility index (Phi) is 6.74. The first-order valence-corrected chi connectivity index (χ1v) is 8.89. The summed E-state index contributed by atoms with van der Waals surface area (Å²) in [7, 11) is 0. The highest BCUT2D eigenvalue weighted by molar-refractivity contribution is 5.79. The number of rotatable bonds is 6. The van der Waals surface area contributed by atoms with Gasteiger partial charge in [-0.1, -0.05) is 50.2 Å². The molecule has 0 aliphatic heterocycles. The van der Waals surface area contributed by atoms with Crippen LogP contribution < -0.4 is 10.6 Å². The molecule has 2 rings (SSSR count). The lowest BCUT2D eigenvalue weighted by Gasteiger charge is -2.20. The van der Waals surface area contributed by atoms with Crippen LogP contribution in [-0.4, -0.2) is 34.3 Å². The summed E-state index contributed by atoms with van der Waals surface area (Å²) in [6.07, 6.45) is -0.626. The molecular weight excluding hydrogens is 330 g/mol. The second-order valence-corrected chi connectivity index (χ2v) is 7.20. The van der Waals surface area contributed by atoms with Crippen molar-refractivity contribution >= 4 is 5.96 Å². The fourth-order valence-corrected chi connectivity index (χ4v) is 2.41. The smallest absolute Gasteiger partial charge is 0.248 e. The van der Waals surface area contributed by atoms with Crippen LogP contribution in [0.15, 0.2) is 33.8 Å². The molecule has 26 heavy (non-hydrogen) atoms. The largest absolute Gasteiger partial charge is 0.387 e. The van der Waals surface area contributed by atoms with Gasteiger partial charge >= 0.3 is 0 Å². The lowest BCUT2D eigenvalue weighted by molar-refractivity contribution is 0.181. The van der Waals surface area contributed by atoms with Crippen molar-refractivity contribution in [3.8, 4) is 0 Å². The molecule has 1 aromatic carbocycles. The summed E-state index contributed by atoms with van der Waals surface area (Å²) in [5, 5.41) is 20.4. The Morgan fingerprint density at radius 3 is 2.46 bits per heavy atom. The van der Waals surface area contributed by atoms with Crippen LogP contribution in [0.2, 0.25) is 0 Å².